The summed E-state index contributed by atoms with van der Waals surface area (Å²) in [5, 5.41) is 5.85. The first-order chi connectivity index (χ1) is 13.1. The van der Waals surface area contributed by atoms with Gasteiger partial charge in [-0.15, -0.1) is 0 Å². The third kappa shape index (κ3) is 5.13. The van der Waals surface area contributed by atoms with E-state index in [0.29, 0.717) is 18.7 Å². The molecule has 2 fully saturated rings. The van der Waals surface area contributed by atoms with Crippen molar-refractivity contribution in [2.75, 3.05) is 44.7 Å². The number of thioether (sulfide) groups is 1. The molecular formula is C19H27FN4O2S. The average Bonchev–Trinajstić information content (AvgIpc) is 2.67. The van der Waals surface area contributed by atoms with Crippen molar-refractivity contribution in [1.82, 2.24) is 20.4 Å². The Labute approximate surface area is 163 Å². The maximum absolute atomic E-state index is 13.6. The number of likely N-dealkylation sites (tertiary alicyclic amines) is 1. The van der Waals surface area contributed by atoms with E-state index >= 15 is 0 Å². The number of hydrogen-bond donors (Lipinski definition) is 2. The van der Waals surface area contributed by atoms with Gasteiger partial charge in [-0.2, -0.15) is 11.8 Å². The Morgan fingerprint density at radius 3 is 2.81 bits per heavy atom. The lowest BCUT2D eigenvalue weighted by molar-refractivity contribution is -0.127. The van der Waals surface area contributed by atoms with Crippen LogP contribution in [0.15, 0.2) is 24.3 Å². The molecule has 1 aromatic rings. The Morgan fingerprint density at radius 2 is 2.11 bits per heavy atom. The molecule has 2 heterocycles. The second-order valence-corrected chi connectivity index (χ2v) is 7.99. The molecule has 1 aromatic carbocycles. The van der Waals surface area contributed by atoms with Crippen LogP contribution in [-0.4, -0.2) is 72.5 Å². The Hall–Kier alpha value is -1.80. The number of nitrogens with one attached hydrogen (secondary N) is 2. The van der Waals surface area contributed by atoms with E-state index in [1.165, 1.54) is 17.0 Å². The molecule has 0 bridgehead atoms. The van der Waals surface area contributed by atoms with E-state index in [2.05, 4.69) is 21.8 Å². The van der Waals surface area contributed by atoms with Gasteiger partial charge in [0.15, 0.2) is 0 Å². The van der Waals surface area contributed by atoms with E-state index in [1.54, 1.807) is 12.1 Å². The fraction of sp³-hybridized carbons (Fsp3) is 0.579. The molecule has 3 amide bonds. The van der Waals surface area contributed by atoms with Crippen molar-refractivity contribution < 1.29 is 14.0 Å². The minimum Gasteiger partial charge on any atom is -0.352 e. The number of rotatable bonds is 5. The minimum atomic E-state index is -0.795. The number of carbonyl (C=O) groups excluding carboxylic acids is 2. The van der Waals surface area contributed by atoms with E-state index in [-0.39, 0.29) is 18.0 Å². The third-order valence-corrected chi connectivity index (χ3v) is 5.75. The van der Waals surface area contributed by atoms with Crippen molar-refractivity contribution in [3.8, 4) is 0 Å². The van der Waals surface area contributed by atoms with Crippen molar-refractivity contribution in [2.24, 2.45) is 0 Å². The smallest absolute Gasteiger partial charge is 0.318 e. The zero-order chi connectivity index (χ0) is 19.2. The lowest BCUT2D eigenvalue weighted by Crippen LogP contribution is -2.57. The van der Waals surface area contributed by atoms with Crippen molar-refractivity contribution >= 4 is 23.7 Å². The molecule has 148 valence electrons. The van der Waals surface area contributed by atoms with Crippen molar-refractivity contribution in [3.63, 3.8) is 0 Å². The van der Waals surface area contributed by atoms with Crippen LogP contribution in [0, 0.1) is 5.82 Å². The Balaban J connectivity index is 1.61. The quantitative estimate of drug-likeness (QED) is 0.800. The molecule has 0 radical (unpaired) electrons. The molecular weight excluding hydrogens is 367 g/mol. The molecule has 1 unspecified atom stereocenters. The molecule has 3 rings (SSSR count). The van der Waals surface area contributed by atoms with Crippen LogP contribution in [0.1, 0.15) is 24.4 Å². The van der Waals surface area contributed by atoms with Crippen molar-refractivity contribution in [2.45, 2.75) is 24.9 Å². The summed E-state index contributed by atoms with van der Waals surface area (Å²) in [5.41, 5.74) is 0.495. The monoisotopic (exact) mass is 394 g/mol. The lowest BCUT2D eigenvalue weighted by Gasteiger charge is -2.38. The van der Waals surface area contributed by atoms with Crippen LogP contribution in [0.5, 0.6) is 0 Å². The van der Waals surface area contributed by atoms with Gasteiger partial charge in [-0.3, -0.25) is 4.79 Å². The average molecular weight is 395 g/mol. The van der Waals surface area contributed by atoms with Gasteiger partial charge in [-0.05, 0) is 36.8 Å². The molecule has 2 aliphatic rings. The summed E-state index contributed by atoms with van der Waals surface area (Å²) in [7, 11) is 0. The second kappa shape index (κ2) is 9.41. The fourth-order valence-electron chi connectivity index (χ4n) is 3.67. The maximum atomic E-state index is 13.6. The van der Waals surface area contributed by atoms with Crippen LogP contribution in [0.2, 0.25) is 0 Å². The lowest BCUT2D eigenvalue weighted by atomic mass is 10.0. The Morgan fingerprint density at radius 1 is 1.33 bits per heavy atom. The second-order valence-electron chi connectivity index (χ2n) is 7.00. The van der Waals surface area contributed by atoms with Crippen LogP contribution in [0.25, 0.3) is 0 Å². The standard InChI is InChI=1S/C19H27FN4O2S/c1-27-12-11-23-8-5-16(6-9-23)22-19(26)24-10-7-21-18(25)17(24)14-3-2-4-15(20)13-14/h2-4,13,16-17H,5-12H2,1H3,(H,21,25)(H,22,26). The van der Waals surface area contributed by atoms with Gasteiger partial charge in [0, 0.05) is 44.5 Å². The highest BCUT2D eigenvalue weighted by molar-refractivity contribution is 7.98. The maximum Gasteiger partial charge on any atom is 0.318 e. The highest BCUT2D eigenvalue weighted by atomic mass is 32.2. The number of piperazine rings is 1. The molecule has 2 N–H and O–H groups in total. The van der Waals surface area contributed by atoms with Crippen LogP contribution in [0.3, 0.4) is 0 Å². The third-order valence-electron chi connectivity index (χ3n) is 5.16. The van der Waals surface area contributed by atoms with Gasteiger partial charge in [-0.25, -0.2) is 9.18 Å². The molecule has 8 heteroatoms. The number of carbonyl (C=O) groups is 2. The zero-order valence-corrected chi connectivity index (χ0v) is 16.4. The van der Waals surface area contributed by atoms with Gasteiger partial charge in [0.2, 0.25) is 5.91 Å². The Bertz CT molecular complexity index is 667. The molecule has 0 aromatic heterocycles. The van der Waals surface area contributed by atoms with Gasteiger partial charge in [-0.1, -0.05) is 12.1 Å². The van der Waals surface area contributed by atoms with Gasteiger partial charge >= 0.3 is 6.03 Å². The predicted molar refractivity (Wildman–Crippen MR) is 105 cm³/mol. The summed E-state index contributed by atoms with van der Waals surface area (Å²) in [6.07, 6.45) is 3.92. The summed E-state index contributed by atoms with van der Waals surface area (Å²) in [5.74, 6) is 0.438. The molecule has 6 nitrogen and oxygen atoms in total. The van der Waals surface area contributed by atoms with Crippen LogP contribution >= 0.6 is 11.8 Å². The van der Waals surface area contributed by atoms with E-state index in [1.807, 2.05) is 11.8 Å². The van der Waals surface area contributed by atoms with Crippen molar-refractivity contribution in [3.05, 3.63) is 35.6 Å². The number of amides is 3. The summed E-state index contributed by atoms with van der Waals surface area (Å²) >= 11 is 1.84. The number of piperidine rings is 1. The number of nitrogens with zero attached hydrogens (tertiary/aromatic N) is 2. The van der Waals surface area contributed by atoms with E-state index in [4.69, 9.17) is 0 Å². The normalized spacial score (nSPS) is 21.8. The van der Waals surface area contributed by atoms with Gasteiger partial charge < -0.3 is 20.4 Å². The van der Waals surface area contributed by atoms with E-state index in [0.717, 1.165) is 38.2 Å². The van der Waals surface area contributed by atoms with Crippen molar-refractivity contribution in [1.29, 1.82) is 0 Å². The van der Waals surface area contributed by atoms with Crippen LogP contribution in [-0.2, 0) is 4.79 Å². The SMILES string of the molecule is CSCCN1CCC(NC(=O)N2CCNC(=O)C2c2cccc(F)c2)CC1. The highest BCUT2D eigenvalue weighted by Crippen LogP contribution is 2.24. The number of hydrogen-bond acceptors (Lipinski definition) is 4. The van der Waals surface area contributed by atoms with Gasteiger partial charge in [0.25, 0.3) is 0 Å². The molecule has 0 saturated carbocycles. The molecule has 0 spiro atoms. The van der Waals surface area contributed by atoms with E-state index < -0.39 is 11.9 Å². The van der Waals surface area contributed by atoms with Crippen LogP contribution in [0.4, 0.5) is 9.18 Å². The summed E-state index contributed by atoms with van der Waals surface area (Å²) in [4.78, 5) is 29.2. The summed E-state index contributed by atoms with van der Waals surface area (Å²) in [6, 6.07) is 4.97. The summed E-state index contributed by atoms with van der Waals surface area (Å²) in [6.45, 7) is 3.84. The largest absolute Gasteiger partial charge is 0.352 e. The first-order valence-corrected chi connectivity index (χ1v) is 10.8. The fourth-order valence-corrected chi connectivity index (χ4v) is 4.11. The first-order valence-electron chi connectivity index (χ1n) is 9.40. The molecule has 27 heavy (non-hydrogen) atoms. The minimum absolute atomic E-state index is 0.112. The first kappa shape index (κ1) is 19.9. The summed E-state index contributed by atoms with van der Waals surface area (Å²) < 4.78 is 13.6. The molecule has 2 saturated heterocycles. The Kier molecular flexibility index (Phi) is 6.95. The highest BCUT2D eigenvalue weighted by Gasteiger charge is 2.35. The zero-order valence-electron chi connectivity index (χ0n) is 15.6. The molecule has 1 atom stereocenters. The molecule has 2 aliphatic heterocycles. The topological polar surface area (TPSA) is 64.7 Å². The molecule has 0 aliphatic carbocycles. The predicted octanol–water partition coefficient (Wildman–Crippen LogP) is 1.84. The van der Waals surface area contributed by atoms with E-state index in [9.17, 15) is 14.0 Å². The number of benzene rings is 1. The number of urea groups is 1. The van der Waals surface area contributed by atoms with Gasteiger partial charge in [0.05, 0.1) is 0 Å². The number of halogens is 1. The van der Waals surface area contributed by atoms with Gasteiger partial charge in [0.1, 0.15) is 11.9 Å². The van der Waals surface area contributed by atoms with Crippen LogP contribution < -0.4 is 10.6 Å².